The summed E-state index contributed by atoms with van der Waals surface area (Å²) in [4.78, 5) is 29.3. The van der Waals surface area contributed by atoms with Crippen molar-refractivity contribution in [2.45, 2.75) is 51.6 Å². The molecular formula is C20H27N5O4S. The Bertz CT molecular complexity index is 1130. The monoisotopic (exact) mass is 433 g/mol. The van der Waals surface area contributed by atoms with E-state index in [1.807, 2.05) is 26.0 Å². The van der Waals surface area contributed by atoms with Gasteiger partial charge in [-0.2, -0.15) is 4.31 Å². The predicted octanol–water partition coefficient (Wildman–Crippen LogP) is 0.852. The number of anilines is 1. The van der Waals surface area contributed by atoms with Crippen LogP contribution in [0.1, 0.15) is 35.5 Å². The number of nitrogens with one attached hydrogen (secondary N) is 1. The molecule has 2 aromatic rings. The van der Waals surface area contributed by atoms with Crippen LogP contribution < -0.4 is 16.6 Å². The van der Waals surface area contributed by atoms with Crippen LogP contribution in [0.3, 0.4) is 0 Å². The van der Waals surface area contributed by atoms with E-state index in [0.717, 1.165) is 29.8 Å². The Labute approximate surface area is 176 Å². The fraction of sp³-hybridized carbons (Fsp3) is 0.450. The minimum Gasteiger partial charge on any atom is -0.393 e. The average molecular weight is 434 g/mol. The second-order valence-electron chi connectivity index (χ2n) is 7.54. The van der Waals surface area contributed by atoms with Gasteiger partial charge in [0.2, 0.25) is 15.9 Å². The fourth-order valence-corrected chi connectivity index (χ4v) is 5.23. The number of nitrogen functional groups attached to an aromatic ring is 1. The lowest BCUT2D eigenvalue weighted by atomic mass is 10.2. The smallest absolute Gasteiger partial charge is 0.275 e. The molecule has 0 aromatic carbocycles. The van der Waals surface area contributed by atoms with Gasteiger partial charge < -0.3 is 15.6 Å². The van der Waals surface area contributed by atoms with Crippen molar-refractivity contribution in [1.29, 1.82) is 0 Å². The van der Waals surface area contributed by atoms with Gasteiger partial charge in [-0.3, -0.25) is 14.6 Å². The van der Waals surface area contributed by atoms with Crippen molar-refractivity contribution in [3.05, 3.63) is 51.2 Å². The molecule has 0 radical (unpaired) electrons. The Kier molecular flexibility index (Phi) is 6.27. The Hall–Kier alpha value is -2.72. The summed E-state index contributed by atoms with van der Waals surface area (Å²) in [6.45, 7) is 6.20. The van der Waals surface area contributed by atoms with Crippen LogP contribution in [-0.2, 0) is 27.9 Å². The van der Waals surface area contributed by atoms with E-state index < -0.39 is 15.6 Å². The summed E-state index contributed by atoms with van der Waals surface area (Å²) in [5.41, 5.74) is 7.81. The van der Waals surface area contributed by atoms with Crippen molar-refractivity contribution in [2.75, 3.05) is 18.8 Å². The first-order valence-electron chi connectivity index (χ1n) is 9.81. The number of sulfonamides is 1. The Morgan fingerprint density at radius 1 is 1.20 bits per heavy atom. The zero-order chi connectivity index (χ0) is 22.1. The maximum Gasteiger partial charge on any atom is 0.275 e. The van der Waals surface area contributed by atoms with E-state index in [1.54, 1.807) is 6.92 Å². The standard InChI is InChI=1S/C20H27N5O4S/c1-13-6-7-16(15(3)23-13)11-22-18(26)12-25-14(2)10-17(19(21)20(25)27)30(28,29)24-8-4-5-9-24/h6-7,10H,4-5,8-9,11-12,21H2,1-3H3,(H,22,26). The molecule has 1 aliphatic heterocycles. The van der Waals surface area contributed by atoms with Crippen LogP contribution in [0, 0.1) is 20.8 Å². The summed E-state index contributed by atoms with van der Waals surface area (Å²) < 4.78 is 28.2. The van der Waals surface area contributed by atoms with Crippen molar-refractivity contribution in [2.24, 2.45) is 0 Å². The number of rotatable bonds is 6. The zero-order valence-corrected chi connectivity index (χ0v) is 18.3. The van der Waals surface area contributed by atoms with Crippen LogP contribution in [0.2, 0.25) is 0 Å². The van der Waals surface area contributed by atoms with E-state index >= 15 is 0 Å². The van der Waals surface area contributed by atoms with Gasteiger partial charge in [0, 0.05) is 36.7 Å². The molecule has 0 spiro atoms. The number of carbonyl (C=O) groups is 1. The quantitative estimate of drug-likeness (QED) is 0.695. The SMILES string of the molecule is Cc1ccc(CNC(=O)Cn2c(C)cc(S(=O)(=O)N3CCCC3)c(N)c2=O)c(C)n1. The molecule has 3 rings (SSSR count). The second-order valence-corrected chi connectivity index (χ2v) is 9.45. The minimum atomic E-state index is -3.83. The number of nitrogens with zero attached hydrogens (tertiary/aromatic N) is 3. The molecule has 1 fully saturated rings. The zero-order valence-electron chi connectivity index (χ0n) is 17.4. The van der Waals surface area contributed by atoms with Gasteiger partial charge in [0.25, 0.3) is 5.56 Å². The number of nitrogens with two attached hydrogens (primary N) is 1. The molecule has 1 aliphatic rings. The molecule has 0 atom stereocenters. The maximum atomic E-state index is 12.8. The molecule has 1 amide bonds. The topological polar surface area (TPSA) is 127 Å². The van der Waals surface area contributed by atoms with Crippen molar-refractivity contribution in [1.82, 2.24) is 19.2 Å². The van der Waals surface area contributed by atoms with Gasteiger partial charge >= 0.3 is 0 Å². The van der Waals surface area contributed by atoms with Crippen LogP contribution in [0.5, 0.6) is 0 Å². The lowest BCUT2D eigenvalue weighted by Crippen LogP contribution is -2.36. The first-order chi connectivity index (χ1) is 14.1. The maximum absolute atomic E-state index is 12.8. The lowest BCUT2D eigenvalue weighted by molar-refractivity contribution is -0.121. The van der Waals surface area contributed by atoms with E-state index in [0.29, 0.717) is 18.8 Å². The van der Waals surface area contributed by atoms with E-state index in [2.05, 4.69) is 10.3 Å². The number of hydrogen-bond donors (Lipinski definition) is 2. The van der Waals surface area contributed by atoms with Crippen molar-refractivity contribution >= 4 is 21.6 Å². The molecule has 162 valence electrons. The summed E-state index contributed by atoms with van der Waals surface area (Å²) in [6, 6.07) is 5.13. The molecule has 0 unspecified atom stereocenters. The summed E-state index contributed by atoms with van der Waals surface area (Å²) in [6.07, 6.45) is 1.57. The molecular weight excluding hydrogens is 406 g/mol. The van der Waals surface area contributed by atoms with Gasteiger partial charge in [0.1, 0.15) is 17.1 Å². The number of pyridine rings is 2. The van der Waals surface area contributed by atoms with E-state index in [4.69, 9.17) is 5.73 Å². The average Bonchev–Trinajstić information content (AvgIpc) is 3.23. The Morgan fingerprint density at radius 3 is 2.50 bits per heavy atom. The van der Waals surface area contributed by atoms with E-state index in [9.17, 15) is 18.0 Å². The first kappa shape index (κ1) is 22.0. The largest absolute Gasteiger partial charge is 0.393 e. The van der Waals surface area contributed by atoms with Crippen LogP contribution in [-0.4, -0.2) is 41.3 Å². The summed E-state index contributed by atoms with van der Waals surface area (Å²) in [5.74, 6) is -0.380. The molecule has 3 heterocycles. The molecule has 0 bridgehead atoms. The highest BCUT2D eigenvalue weighted by Crippen LogP contribution is 2.24. The van der Waals surface area contributed by atoms with Gasteiger partial charge in [-0.05, 0) is 51.3 Å². The van der Waals surface area contributed by atoms with E-state index in [-0.39, 0.29) is 29.6 Å². The Morgan fingerprint density at radius 2 is 1.87 bits per heavy atom. The molecule has 0 saturated carbocycles. The van der Waals surface area contributed by atoms with Crippen LogP contribution >= 0.6 is 0 Å². The summed E-state index contributed by atoms with van der Waals surface area (Å²) in [7, 11) is -3.83. The number of aryl methyl sites for hydroxylation is 3. The molecule has 0 aliphatic carbocycles. The van der Waals surface area contributed by atoms with Gasteiger partial charge in [-0.1, -0.05) is 6.07 Å². The third-order valence-corrected chi connectivity index (χ3v) is 7.24. The summed E-state index contributed by atoms with van der Waals surface area (Å²) in [5, 5.41) is 2.77. The molecule has 10 heteroatoms. The molecule has 3 N–H and O–H groups in total. The van der Waals surface area contributed by atoms with Crippen LogP contribution in [0.4, 0.5) is 5.69 Å². The van der Waals surface area contributed by atoms with Gasteiger partial charge in [0.15, 0.2) is 0 Å². The second kappa shape index (κ2) is 8.57. The van der Waals surface area contributed by atoms with Gasteiger partial charge in [0.05, 0.1) is 0 Å². The lowest BCUT2D eigenvalue weighted by Gasteiger charge is -2.19. The normalized spacial score (nSPS) is 14.8. The minimum absolute atomic E-state index is 0.190. The van der Waals surface area contributed by atoms with Gasteiger partial charge in [-0.15, -0.1) is 0 Å². The van der Waals surface area contributed by atoms with Crippen molar-refractivity contribution < 1.29 is 13.2 Å². The number of carbonyl (C=O) groups excluding carboxylic acids is 1. The highest BCUT2D eigenvalue weighted by molar-refractivity contribution is 7.89. The number of hydrogen-bond acceptors (Lipinski definition) is 6. The highest BCUT2D eigenvalue weighted by Gasteiger charge is 2.30. The predicted molar refractivity (Wildman–Crippen MR) is 113 cm³/mol. The summed E-state index contributed by atoms with van der Waals surface area (Å²) >= 11 is 0. The van der Waals surface area contributed by atoms with Crippen molar-refractivity contribution in [3.8, 4) is 0 Å². The molecule has 1 saturated heterocycles. The first-order valence-corrected chi connectivity index (χ1v) is 11.2. The number of aromatic nitrogens is 2. The number of amides is 1. The highest BCUT2D eigenvalue weighted by atomic mass is 32.2. The van der Waals surface area contributed by atoms with Crippen LogP contribution in [0.15, 0.2) is 27.9 Å². The third-order valence-electron chi connectivity index (χ3n) is 5.30. The van der Waals surface area contributed by atoms with Gasteiger partial charge in [-0.25, -0.2) is 8.42 Å². The third kappa shape index (κ3) is 4.39. The molecule has 9 nitrogen and oxygen atoms in total. The van der Waals surface area contributed by atoms with Crippen LogP contribution in [0.25, 0.3) is 0 Å². The van der Waals surface area contributed by atoms with E-state index in [1.165, 1.54) is 14.9 Å². The fourth-order valence-electron chi connectivity index (χ4n) is 3.53. The molecule has 30 heavy (non-hydrogen) atoms. The molecule has 2 aromatic heterocycles. The Balaban J connectivity index is 1.79. The van der Waals surface area contributed by atoms with Crippen molar-refractivity contribution in [3.63, 3.8) is 0 Å².